The van der Waals surface area contributed by atoms with Crippen LogP contribution in [0.25, 0.3) is 11.2 Å². The first-order valence-corrected chi connectivity index (χ1v) is 12.9. The number of carbonyl (C=O) groups excluding carboxylic acids is 2. The first-order chi connectivity index (χ1) is 19.0. The average Bonchev–Trinajstić information content (AvgIpc) is 3.18. The highest BCUT2D eigenvalue weighted by atomic mass is 19.4. The highest BCUT2D eigenvalue weighted by Gasteiger charge is 2.40. The molecule has 1 unspecified atom stereocenters. The van der Waals surface area contributed by atoms with Crippen molar-refractivity contribution in [2.45, 2.75) is 49.9 Å². The SMILES string of the molecule is O=C(N[C@@H]1CCC(c2cccc(F)c2F)CN(CC(F)(F)F)C1=O)N1CCC(n2c(=O)[nH]c3ncccc32)CC1. The van der Waals surface area contributed by atoms with Gasteiger partial charge < -0.3 is 15.1 Å². The zero-order valence-electron chi connectivity index (χ0n) is 21.3. The second-order valence-corrected chi connectivity index (χ2v) is 10.1. The first-order valence-electron chi connectivity index (χ1n) is 12.9. The molecule has 0 saturated carbocycles. The zero-order valence-corrected chi connectivity index (χ0v) is 21.3. The fourth-order valence-electron chi connectivity index (χ4n) is 5.63. The number of aromatic amines is 1. The van der Waals surface area contributed by atoms with Gasteiger partial charge in [-0.3, -0.25) is 14.3 Å². The van der Waals surface area contributed by atoms with Crippen molar-refractivity contribution in [2.24, 2.45) is 0 Å². The van der Waals surface area contributed by atoms with E-state index in [0.717, 1.165) is 6.07 Å². The van der Waals surface area contributed by atoms with E-state index in [9.17, 15) is 36.3 Å². The number of hydrogen-bond acceptors (Lipinski definition) is 4. The first kappa shape index (κ1) is 27.6. The Morgan fingerprint density at radius 2 is 1.80 bits per heavy atom. The average molecular weight is 567 g/mol. The molecule has 4 heterocycles. The summed E-state index contributed by atoms with van der Waals surface area (Å²) in [5.41, 5.74) is 0.680. The number of amides is 3. The van der Waals surface area contributed by atoms with Crippen LogP contribution in [-0.2, 0) is 4.79 Å². The molecule has 2 saturated heterocycles. The summed E-state index contributed by atoms with van der Waals surface area (Å²) in [4.78, 5) is 47.5. The summed E-state index contributed by atoms with van der Waals surface area (Å²) in [6.07, 6.45) is -2.27. The Kier molecular flexibility index (Phi) is 7.51. The standard InChI is InChI=1S/C26H27F5N6O3/c27-18-4-1-3-17(21(18)28)15-6-7-19(23(38)36(13-15)14-26(29,30)31)33-24(39)35-11-8-16(9-12-35)37-20-5-2-10-32-22(20)34-25(37)40/h1-5,10,15-16,19H,6-9,11-14H2,(H,33,39)(H,32,34,40)/t15?,19-/m1/s1. The third-order valence-electron chi connectivity index (χ3n) is 7.55. The van der Waals surface area contributed by atoms with E-state index in [1.807, 2.05) is 0 Å². The molecule has 2 aromatic heterocycles. The van der Waals surface area contributed by atoms with Crippen LogP contribution in [0.4, 0.5) is 26.7 Å². The van der Waals surface area contributed by atoms with Crippen LogP contribution < -0.4 is 11.0 Å². The third kappa shape index (κ3) is 5.65. The molecule has 2 atom stereocenters. The quantitative estimate of drug-likeness (QED) is 0.471. The Labute approximate surface area is 225 Å². The maximum Gasteiger partial charge on any atom is 0.406 e. The number of benzene rings is 1. The minimum absolute atomic E-state index is 0.0479. The molecule has 9 nitrogen and oxygen atoms in total. The summed E-state index contributed by atoms with van der Waals surface area (Å²) in [5.74, 6) is -4.11. The Hall–Kier alpha value is -3.97. The highest BCUT2D eigenvalue weighted by molar-refractivity contribution is 5.87. The number of piperidine rings is 1. The number of urea groups is 1. The molecule has 2 aliphatic rings. The molecule has 2 fully saturated rings. The molecule has 0 bridgehead atoms. The van der Waals surface area contributed by atoms with Gasteiger partial charge in [0.2, 0.25) is 5.91 Å². The number of nitrogens with zero attached hydrogens (tertiary/aromatic N) is 4. The van der Waals surface area contributed by atoms with E-state index in [-0.39, 0.29) is 43.2 Å². The van der Waals surface area contributed by atoms with Gasteiger partial charge in [0.25, 0.3) is 0 Å². The van der Waals surface area contributed by atoms with Crippen molar-refractivity contribution in [2.75, 3.05) is 26.2 Å². The van der Waals surface area contributed by atoms with Gasteiger partial charge in [-0.25, -0.2) is 23.4 Å². The van der Waals surface area contributed by atoms with Crippen LogP contribution >= 0.6 is 0 Å². The van der Waals surface area contributed by atoms with Crippen molar-refractivity contribution in [3.8, 4) is 0 Å². The van der Waals surface area contributed by atoms with Gasteiger partial charge in [0.1, 0.15) is 12.6 Å². The molecule has 2 N–H and O–H groups in total. The van der Waals surface area contributed by atoms with E-state index in [0.29, 0.717) is 28.9 Å². The second-order valence-electron chi connectivity index (χ2n) is 10.1. The number of pyridine rings is 1. The largest absolute Gasteiger partial charge is 0.406 e. The summed E-state index contributed by atoms with van der Waals surface area (Å²) in [5, 5.41) is 2.56. The van der Waals surface area contributed by atoms with Gasteiger partial charge in [-0.1, -0.05) is 12.1 Å². The number of H-pyrrole nitrogens is 1. The van der Waals surface area contributed by atoms with Gasteiger partial charge in [0.05, 0.1) is 5.52 Å². The molecule has 3 aromatic rings. The summed E-state index contributed by atoms with van der Waals surface area (Å²) in [6, 6.07) is 4.87. The molecule has 1 aromatic carbocycles. The van der Waals surface area contributed by atoms with Crippen LogP contribution in [0.15, 0.2) is 41.3 Å². The second kappa shape index (κ2) is 10.9. The van der Waals surface area contributed by atoms with E-state index < -0.39 is 54.8 Å². The maximum atomic E-state index is 14.5. The van der Waals surface area contributed by atoms with Gasteiger partial charge in [0, 0.05) is 37.8 Å². The predicted molar refractivity (Wildman–Crippen MR) is 133 cm³/mol. The molecule has 2 aliphatic heterocycles. The van der Waals surface area contributed by atoms with Gasteiger partial charge in [0.15, 0.2) is 17.3 Å². The number of nitrogens with one attached hydrogen (secondary N) is 2. The fourth-order valence-corrected chi connectivity index (χ4v) is 5.63. The number of fused-ring (bicyclic) bond motifs is 1. The molecular formula is C26H27F5N6O3. The number of likely N-dealkylation sites (tertiary alicyclic amines) is 2. The lowest BCUT2D eigenvalue weighted by Crippen LogP contribution is -2.54. The van der Waals surface area contributed by atoms with Crippen molar-refractivity contribution < 1.29 is 31.5 Å². The lowest BCUT2D eigenvalue weighted by molar-refractivity contribution is -0.162. The minimum Gasteiger partial charge on any atom is -0.331 e. The summed E-state index contributed by atoms with van der Waals surface area (Å²) >= 11 is 0. The van der Waals surface area contributed by atoms with Crippen molar-refractivity contribution in [1.29, 1.82) is 0 Å². The minimum atomic E-state index is -4.72. The molecule has 40 heavy (non-hydrogen) atoms. The summed E-state index contributed by atoms with van der Waals surface area (Å²) in [7, 11) is 0. The summed E-state index contributed by atoms with van der Waals surface area (Å²) in [6.45, 7) is -1.55. The number of halogens is 5. The van der Waals surface area contributed by atoms with Gasteiger partial charge in [-0.15, -0.1) is 0 Å². The number of carbonyl (C=O) groups is 2. The van der Waals surface area contributed by atoms with Crippen LogP contribution in [0.3, 0.4) is 0 Å². The highest BCUT2D eigenvalue weighted by Crippen LogP contribution is 2.32. The summed E-state index contributed by atoms with van der Waals surface area (Å²) < 4.78 is 69.9. The Balaban J connectivity index is 1.28. The Morgan fingerprint density at radius 1 is 1.05 bits per heavy atom. The number of alkyl halides is 3. The lowest BCUT2D eigenvalue weighted by atomic mass is 9.93. The van der Waals surface area contributed by atoms with Crippen LogP contribution in [0, 0.1) is 11.6 Å². The monoisotopic (exact) mass is 566 g/mol. The normalized spacial score (nSPS) is 21.1. The number of aromatic nitrogens is 3. The third-order valence-corrected chi connectivity index (χ3v) is 7.55. The van der Waals surface area contributed by atoms with Crippen LogP contribution in [0.2, 0.25) is 0 Å². The Bertz CT molecular complexity index is 1460. The van der Waals surface area contributed by atoms with Crippen molar-refractivity contribution in [3.05, 3.63) is 64.2 Å². The molecule has 0 radical (unpaired) electrons. The molecule has 3 amide bonds. The van der Waals surface area contributed by atoms with Gasteiger partial charge in [-0.05, 0) is 49.4 Å². The number of hydrogen-bond donors (Lipinski definition) is 2. The van der Waals surface area contributed by atoms with E-state index in [2.05, 4.69) is 15.3 Å². The van der Waals surface area contributed by atoms with Crippen molar-refractivity contribution >= 4 is 23.1 Å². The van der Waals surface area contributed by atoms with Gasteiger partial charge >= 0.3 is 17.9 Å². The van der Waals surface area contributed by atoms with Crippen LogP contribution in [-0.4, -0.2) is 74.7 Å². The van der Waals surface area contributed by atoms with E-state index in [4.69, 9.17) is 0 Å². The smallest absolute Gasteiger partial charge is 0.331 e. The molecule has 0 spiro atoms. The molecule has 14 heteroatoms. The van der Waals surface area contributed by atoms with E-state index in [1.165, 1.54) is 17.0 Å². The van der Waals surface area contributed by atoms with E-state index in [1.54, 1.807) is 22.9 Å². The maximum absolute atomic E-state index is 14.5. The molecule has 214 valence electrons. The lowest BCUT2D eigenvalue weighted by Gasteiger charge is -2.34. The van der Waals surface area contributed by atoms with Crippen LogP contribution in [0.1, 0.15) is 43.2 Å². The van der Waals surface area contributed by atoms with Crippen molar-refractivity contribution in [3.63, 3.8) is 0 Å². The predicted octanol–water partition coefficient (Wildman–Crippen LogP) is 3.69. The molecule has 5 rings (SSSR count). The molecule has 0 aliphatic carbocycles. The Morgan fingerprint density at radius 3 is 2.52 bits per heavy atom. The number of rotatable bonds is 4. The van der Waals surface area contributed by atoms with E-state index >= 15 is 0 Å². The van der Waals surface area contributed by atoms with Gasteiger partial charge in [-0.2, -0.15) is 13.2 Å². The molecular weight excluding hydrogens is 539 g/mol. The fraction of sp³-hybridized carbons (Fsp3) is 0.462. The van der Waals surface area contributed by atoms with Crippen molar-refractivity contribution in [1.82, 2.24) is 29.7 Å². The van der Waals surface area contributed by atoms with Crippen LogP contribution in [0.5, 0.6) is 0 Å². The number of imidazole rings is 1. The topological polar surface area (TPSA) is 103 Å². The zero-order chi connectivity index (χ0) is 28.6.